The van der Waals surface area contributed by atoms with Crippen molar-refractivity contribution < 1.29 is 4.79 Å². The van der Waals surface area contributed by atoms with E-state index in [1.165, 1.54) is 6.92 Å². The molecule has 0 radical (unpaired) electrons. The molecule has 0 atom stereocenters. The first-order chi connectivity index (χ1) is 6.02. The molecule has 0 bridgehead atoms. The summed E-state index contributed by atoms with van der Waals surface area (Å²) in [6.07, 6.45) is 1.63. The third-order valence-electron chi connectivity index (χ3n) is 1.70. The number of rotatable bonds is 1. The zero-order valence-electron chi connectivity index (χ0n) is 7.80. The minimum atomic E-state index is -0.0254. The first-order valence-corrected chi connectivity index (χ1v) is 4.71. The summed E-state index contributed by atoms with van der Waals surface area (Å²) >= 11 is 1.05. The molecule has 0 unspecified atom stereocenters. The number of H-pyrrole nitrogens is 1. The molecule has 1 aromatic rings. The summed E-state index contributed by atoms with van der Waals surface area (Å²) < 4.78 is 0. The molecule has 3 nitrogen and oxygen atoms in total. The maximum absolute atomic E-state index is 11.4. The molecule has 0 aromatic carbocycles. The Morgan fingerprint density at radius 1 is 1.46 bits per heavy atom. The number of hydrogen-bond donors (Lipinski definition) is 1. The van der Waals surface area contributed by atoms with E-state index in [2.05, 4.69) is 4.98 Å². The molecule has 70 valence electrons. The monoisotopic (exact) mass is 197 g/mol. The minimum Gasteiger partial charge on any atom is -0.355 e. The maximum atomic E-state index is 11.4. The summed E-state index contributed by atoms with van der Waals surface area (Å²) in [5.74, 6) is 0. The molecule has 0 fully saturated rings. The number of carbonyl (C=O) groups is 1. The third-order valence-corrected chi connectivity index (χ3v) is 2.62. The van der Waals surface area contributed by atoms with Gasteiger partial charge in [-0.15, -0.1) is 0 Å². The van der Waals surface area contributed by atoms with Crippen LogP contribution in [-0.4, -0.2) is 10.1 Å². The molecule has 1 aromatic heterocycles. The summed E-state index contributed by atoms with van der Waals surface area (Å²) in [4.78, 5) is 25.1. The third kappa shape index (κ3) is 2.21. The van der Waals surface area contributed by atoms with E-state index in [-0.39, 0.29) is 10.5 Å². The Labute approximate surface area is 80.6 Å². The number of aromatic nitrogens is 1. The van der Waals surface area contributed by atoms with Crippen molar-refractivity contribution in [3.63, 3.8) is 0 Å². The van der Waals surface area contributed by atoms with E-state index in [4.69, 9.17) is 0 Å². The Morgan fingerprint density at radius 3 is 2.62 bits per heavy atom. The van der Waals surface area contributed by atoms with Crippen molar-refractivity contribution in [2.24, 2.45) is 0 Å². The number of aromatic amines is 1. The molecule has 1 N–H and O–H groups in total. The second-order valence-corrected chi connectivity index (χ2v) is 4.04. The van der Waals surface area contributed by atoms with E-state index in [9.17, 15) is 9.59 Å². The largest absolute Gasteiger partial charge is 0.355 e. The van der Waals surface area contributed by atoms with Gasteiger partial charge in [-0.05, 0) is 25.6 Å². The Kier molecular flexibility index (Phi) is 2.93. The highest BCUT2D eigenvalue weighted by Crippen LogP contribution is 2.17. The van der Waals surface area contributed by atoms with Crippen LogP contribution in [0.4, 0.5) is 0 Å². The quantitative estimate of drug-likeness (QED) is 0.696. The van der Waals surface area contributed by atoms with Crippen molar-refractivity contribution in [1.82, 2.24) is 4.98 Å². The van der Waals surface area contributed by atoms with E-state index < -0.39 is 0 Å². The lowest BCUT2D eigenvalue weighted by Gasteiger charge is -2.02. The van der Waals surface area contributed by atoms with Crippen LogP contribution in [-0.2, 0) is 4.79 Å². The molecule has 0 aliphatic rings. The fourth-order valence-corrected chi connectivity index (χ4v) is 1.65. The van der Waals surface area contributed by atoms with Gasteiger partial charge >= 0.3 is 0 Å². The maximum Gasteiger partial charge on any atom is 0.192 e. The number of aryl methyl sites for hydroxylation is 1. The lowest BCUT2D eigenvalue weighted by Crippen LogP contribution is -2.11. The SMILES string of the molecule is CC(=O)Sc1[nH]cc(C)c(=O)c1C. The number of carbonyl (C=O) groups excluding carboxylic acids is 1. The molecule has 1 rings (SSSR count). The first kappa shape index (κ1) is 10.1. The van der Waals surface area contributed by atoms with Crippen molar-refractivity contribution in [1.29, 1.82) is 0 Å². The average Bonchev–Trinajstić information content (AvgIpc) is 2.06. The van der Waals surface area contributed by atoms with Crippen LogP contribution in [0, 0.1) is 13.8 Å². The summed E-state index contributed by atoms with van der Waals surface area (Å²) in [6.45, 7) is 4.94. The fourth-order valence-electron chi connectivity index (χ4n) is 0.996. The summed E-state index contributed by atoms with van der Waals surface area (Å²) in [5.41, 5.74) is 1.29. The molecular formula is C9H11NO2S. The molecule has 4 heteroatoms. The normalized spacial score (nSPS) is 10.1. The lowest BCUT2D eigenvalue weighted by molar-refractivity contribution is -0.109. The number of hydrogen-bond acceptors (Lipinski definition) is 3. The lowest BCUT2D eigenvalue weighted by atomic mass is 10.2. The predicted molar refractivity (Wildman–Crippen MR) is 53.1 cm³/mol. The van der Waals surface area contributed by atoms with Crippen molar-refractivity contribution in [2.75, 3.05) is 0 Å². The molecule has 1 heterocycles. The van der Waals surface area contributed by atoms with E-state index in [0.29, 0.717) is 16.2 Å². The van der Waals surface area contributed by atoms with Crippen LogP contribution in [0.15, 0.2) is 16.0 Å². The highest BCUT2D eigenvalue weighted by atomic mass is 32.2. The minimum absolute atomic E-state index is 0.00231. The summed E-state index contributed by atoms with van der Waals surface area (Å²) in [6, 6.07) is 0. The van der Waals surface area contributed by atoms with Gasteiger partial charge in [0.05, 0.1) is 5.03 Å². The molecule has 0 aliphatic heterocycles. The second-order valence-electron chi connectivity index (χ2n) is 2.85. The van der Waals surface area contributed by atoms with Gasteiger partial charge in [0.15, 0.2) is 10.5 Å². The molecule has 0 saturated heterocycles. The summed E-state index contributed by atoms with van der Waals surface area (Å²) in [7, 11) is 0. The second kappa shape index (κ2) is 3.79. The topological polar surface area (TPSA) is 49.9 Å². The van der Waals surface area contributed by atoms with Crippen LogP contribution in [0.25, 0.3) is 0 Å². The molecule has 0 aliphatic carbocycles. The Hall–Kier alpha value is -1.03. The van der Waals surface area contributed by atoms with Crippen molar-refractivity contribution in [3.05, 3.63) is 27.5 Å². The zero-order valence-corrected chi connectivity index (χ0v) is 8.62. The van der Waals surface area contributed by atoms with Crippen LogP contribution in [0.2, 0.25) is 0 Å². The van der Waals surface area contributed by atoms with E-state index >= 15 is 0 Å². The Balaban J connectivity index is 3.18. The van der Waals surface area contributed by atoms with Gasteiger partial charge in [0, 0.05) is 24.2 Å². The number of pyridine rings is 1. The molecule has 13 heavy (non-hydrogen) atoms. The molecular weight excluding hydrogens is 186 g/mol. The Bertz CT molecular complexity index is 395. The Morgan fingerprint density at radius 2 is 2.08 bits per heavy atom. The van der Waals surface area contributed by atoms with Gasteiger partial charge in [0.2, 0.25) is 0 Å². The smallest absolute Gasteiger partial charge is 0.192 e. The number of nitrogens with one attached hydrogen (secondary N) is 1. The van der Waals surface area contributed by atoms with Gasteiger partial charge in [-0.2, -0.15) is 0 Å². The zero-order chi connectivity index (χ0) is 10.0. The van der Waals surface area contributed by atoms with Crippen LogP contribution in [0.5, 0.6) is 0 Å². The van der Waals surface area contributed by atoms with Gasteiger partial charge in [0.25, 0.3) is 0 Å². The van der Waals surface area contributed by atoms with E-state index in [0.717, 1.165) is 11.8 Å². The van der Waals surface area contributed by atoms with Gasteiger partial charge in [-0.3, -0.25) is 9.59 Å². The average molecular weight is 197 g/mol. The van der Waals surface area contributed by atoms with Crippen LogP contribution in [0.3, 0.4) is 0 Å². The van der Waals surface area contributed by atoms with Crippen LogP contribution >= 0.6 is 11.8 Å². The highest BCUT2D eigenvalue weighted by molar-refractivity contribution is 8.13. The van der Waals surface area contributed by atoms with Crippen molar-refractivity contribution in [2.45, 2.75) is 25.8 Å². The van der Waals surface area contributed by atoms with Gasteiger partial charge in [-0.1, -0.05) is 0 Å². The first-order valence-electron chi connectivity index (χ1n) is 3.89. The predicted octanol–water partition coefficient (Wildman–Crippen LogP) is 1.63. The van der Waals surface area contributed by atoms with Crippen molar-refractivity contribution in [3.8, 4) is 0 Å². The van der Waals surface area contributed by atoms with Crippen LogP contribution in [0.1, 0.15) is 18.1 Å². The molecule has 0 amide bonds. The van der Waals surface area contributed by atoms with Gasteiger partial charge < -0.3 is 4.98 Å². The summed E-state index contributed by atoms with van der Waals surface area (Å²) in [5, 5.41) is 0.616. The van der Waals surface area contributed by atoms with Crippen molar-refractivity contribution >= 4 is 16.9 Å². The molecule has 0 spiro atoms. The van der Waals surface area contributed by atoms with Gasteiger partial charge in [-0.25, -0.2) is 0 Å². The van der Waals surface area contributed by atoms with E-state index in [1.54, 1.807) is 20.0 Å². The van der Waals surface area contributed by atoms with E-state index in [1.807, 2.05) is 0 Å². The fraction of sp³-hybridized carbons (Fsp3) is 0.333. The molecule has 0 saturated carbocycles. The number of thioether (sulfide) groups is 1. The standard InChI is InChI=1S/C9H11NO2S/c1-5-4-10-9(13-7(3)11)6(2)8(5)12/h4H,1-3H3,(H,10,12). The van der Waals surface area contributed by atoms with Gasteiger partial charge in [0.1, 0.15) is 0 Å². The van der Waals surface area contributed by atoms with Crippen LogP contribution < -0.4 is 5.43 Å². The highest BCUT2D eigenvalue weighted by Gasteiger charge is 2.07.